The molecule has 3 N–H and O–H groups in total. The lowest BCUT2D eigenvalue weighted by Crippen LogP contribution is -2.36. The number of benzene rings is 1. The van der Waals surface area contributed by atoms with Gasteiger partial charge in [0.2, 0.25) is 0 Å². The first kappa shape index (κ1) is 20.9. The Morgan fingerprint density at radius 1 is 1.43 bits per heavy atom. The quantitative estimate of drug-likeness (QED) is 0.604. The minimum atomic E-state index is -2.79. The highest BCUT2D eigenvalue weighted by molar-refractivity contribution is 8.26. The summed E-state index contributed by atoms with van der Waals surface area (Å²) in [7, 11) is -2.72. The molecular weight excluding hydrogens is 417 g/mol. The van der Waals surface area contributed by atoms with E-state index in [9.17, 15) is 27.1 Å². The summed E-state index contributed by atoms with van der Waals surface area (Å²) in [6.45, 7) is 0.00591. The zero-order valence-electron chi connectivity index (χ0n) is 14.6. The average Bonchev–Trinajstić information content (AvgIpc) is 3.00. The van der Waals surface area contributed by atoms with Gasteiger partial charge in [-0.2, -0.15) is 10.6 Å². The van der Waals surface area contributed by atoms with Crippen molar-refractivity contribution in [2.45, 2.75) is 24.9 Å². The monoisotopic (exact) mass is 436 g/mol. The number of carbonyl (C=O) groups is 1. The molecule has 2 heterocycles. The minimum absolute atomic E-state index is 0.0642. The predicted molar refractivity (Wildman–Crippen MR) is 105 cm³/mol. The topological polar surface area (TPSA) is 82.0 Å². The summed E-state index contributed by atoms with van der Waals surface area (Å²) in [4.78, 5) is 12.6. The standard InChI is InChI=1S/C17H19F3N2O4S2/c18-14-7-11(1-2-13(14)10-3-5-28(24,25)6-4-10)22-9-12(26-17(22)23)8-21-16(27)15(19)20/h1-3,5,7,10,12,15,24-25H,4,6,8-9H2,(H,21,27)/t10?,12-/m0/s1. The lowest BCUT2D eigenvalue weighted by molar-refractivity contribution is 0.142. The molecule has 1 saturated heterocycles. The molecule has 0 aliphatic carbocycles. The van der Waals surface area contributed by atoms with E-state index >= 15 is 0 Å². The molecule has 3 rings (SSSR count). The van der Waals surface area contributed by atoms with Gasteiger partial charge in [0.15, 0.2) is 0 Å². The molecule has 0 radical (unpaired) electrons. The number of carbonyl (C=O) groups excluding carboxylic acids is 1. The van der Waals surface area contributed by atoms with Gasteiger partial charge in [-0.25, -0.2) is 18.0 Å². The molecule has 2 aliphatic heterocycles. The van der Waals surface area contributed by atoms with Gasteiger partial charge in [0.25, 0.3) is 6.43 Å². The van der Waals surface area contributed by atoms with Crippen molar-refractivity contribution in [2.24, 2.45) is 0 Å². The number of halogens is 3. The molecule has 2 aliphatic rings. The first-order valence-electron chi connectivity index (χ1n) is 8.44. The summed E-state index contributed by atoms with van der Waals surface area (Å²) in [5, 5.41) is 3.66. The summed E-state index contributed by atoms with van der Waals surface area (Å²) in [5.74, 6) is -0.645. The van der Waals surface area contributed by atoms with Gasteiger partial charge in [0.05, 0.1) is 18.8 Å². The molecule has 0 saturated carbocycles. The van der Waals surface area contributed by atoms with Crippen LogP contribution < -0.4 is 10.2 Å². The Balaban J connectivity index is 1.67. The largest absolute Gasteiger partial charge is 0.442 e. The number of anilines is 1. The second-order valence-corrected chi connectivity index (χ2v) is 9.07. The van der Waals surface area contributed by atoms with Crippen LogP contribution in [0.4, 0.5) is 23.7 Å². The van der Waals surface area contributed by atoms with Crippen molar-refractivity contribution in [1.82, 2.24) is 5.32 Å². The molecule has 0 aromatic heterocycles. The Bertz CT molecular complexity index is 807. The van der Waals surface area contributed by atoms with Crippen molar-refractivity contribution >= 4 is 39.6 Å². The SMILES string of the molecule is O=C1O[C@@H](CNC(=S)C(F)F)CN1c1ccc(C2C=CS(O)(O)CC2)c(F)c1. The third-order valence-corrected chi connectivity index (χ3v) is 6.28. The van der Waals surface area contributed by atoms with Crippen molar-refractivity contribution in [2.75, 3.05) is 23.7 Å². The third kappa shape index (κ3) is 4.77. The van der Waals surface area contributed by atoms with Crippen LogP contribution >= 0.6 is 22.8 Å². The normalized spacial score (nSPS) is 24.9. The molecule has 28 heavy (non-hydrogen) atoms. The highest BCUT2D eigenvalue weighted by atomic mass is 32.3. The highest BCUT2D eigenvalue weighted by Crippen LogP contribution is 2.47. The van der Waals surface area contributed by atoms with Gasteiger partial charge in [-0.1, -0.05) is 24.4 Å². The van der Waals surface area contributed by atoms with Gasteiger partial charge in [-0.05, 0) is 24.1 Å². The van der Waals surface area contributed by atoms with Crippen molar-refractivity contribution in [3.05, 3.63) is 41.1 Å². The zero-order chi connectivity index (χ0) is 20.5. The fourth-order valence-corrected chi connectivity index (χ4v) is 4.32. The van der Waals surface area contributed by atoms with Crippen molar-refractivity contribution < 1.29 is 31.8 Å². The molecule has 2 atom stereocenters. The summed E-state index contributed by atoms with van der Waals surface area (Å²) in [6, 6.07) is 4.32. The Morgan fingerprint density at radius 3 is 2.79 bits per heavy atom. The Kier molecular flexibility index (Phi) is 6.18. The molecule has 0 bridgehead atoms. The zero-order valence-corrected chi connectivity index (χ0v) is 16.2. The summed E-state index contributed by atoms with van der Waals surface area (Å²) < 4.78 is 63.7. The average molecular weight is 436 g/mol. The van der Waals surface area contributed by atoms with Gasteiger partial charge < -0.3 is 10.1 Å². The smallest absolute Gasteiger partial charge is 0.414 e. The van der Waals surface area contributed by atoms with E-state index in [0.29, 0.717) is 12.0 Å². The maximum atomic E-state index is 14.6. The first-order valence-corrected chi connectivity index (χ1v) is 10.6. The lowest BCUT2D eigenvalue weighted by Gasteiger charge is -2.34. The van der Waals surface area contributed by atoms with E-state index < -0.39 is 40.0 Å². The van der Waals surface area contributed by atoms with Crippen LogP contribution in [0.1, 0.15) is 17.9 Å². The molecule has 1 aromatic rings. The number of rotatable bonds is 5. The van der Waals surface area contributed by atoms with Crippen LogP contribution in [0.15, 0.2) is 29.7 Å². The number of hydrogen-bond donors (Lipinski definition) is 3. The number of hydrogen-bond acceptors (Lipinski definition) is 5. The highest BCUT2D eigenvalue weighted by Gasteiger charge is 2.33. The number of alkyl halides is 2. The number of nitrogens with zero attached hydrogens (tertiary/aromatic N) is 1. The fourth-order valence-electron chi connectivity index (χ4n) is 3.06. The molecule has 1 unspecified atom stereocenters. The van der Waals surface area contributed by atoms with E-state index in [0.717, 1.165) is 0 Å². The second-order valence-electron chi connectivity index (χ2n) is 6.51. The van der Waals surface area contributed by atoms with E-state index in [1.807, 2.05) is 0 Å². The number of allylic oxidation sites excluding steroid dienone is 1. The summed E-state index contributed by atoms with van der Waals surface area (Å²) in [6.07, 6.45) is -2.21. The molecule has 1 aromatic carbocycles. The van der Waals surface area contributed by atoms with Crippen LogP contribution in [0.5, 0.6) is 0 Å². The van der Waals surface area contributed by atoms with E-state index in [2.05, 4.69) is 17.5 Å². The van der Waals surface area contributed by atoms with E-state index in [1.54, 1.807) is 18.2 Å². The van der Waals surface area contributed by atoms with Gasteiger partial charge in [0.1, 0.15) is 16.9 Å². The number of amides is 1. The van der Waals surface area contributed by atoms with Crippen molar-refractivity contribution in [3.63, 3.8) is 0 Å². The van der Waals surface area contributed by atoms with Crippen molar-refractivity contribution in [3.8, 4) is 0 Å². The van der Waals surface area contributed by atoms with Gasteiger partial charge in [-0.3, -0.25) is 14.0 Å². The van der Waals surface area contributed by atoms with Crippen LogP contribution in [0, 0.1) is 5.82 Å². The predicted octanol–water partition coefficient (Wildman–Crippen LogP) is 4.08. The number of cyclic esters (lactones) is 1. The van der Waals surface area contributed by atoms with Crippen molar-refractivity contribution in [1.29, 1.82) is 0 Å². The Morgan fingerprint density at radius 2 is 2.18 bits per heavy atom. The third-order valence-electron chi connectivity index (χ3n) is 4.53. The van der Waals surface area contributed by atoms with Gasteiger partial charge >= 0.3 is 6.09 Å². The van der Waals surface area contributed by atoms with Crippen LogP contribution in [0.2, 0.25) is 0 Å². The fraction of sp³-hybridized carbons (Fsp3) is 0.412. The molecule has 1 amide bonds. The van der Waals surface area contributed by atoms with E-state index in [-0.39, 0.29) is 30.4 Å². The van der Waals surface area contributed by atoms with Crippen LogP contribution in [0.25, 0.3) is 0 Å². The summed E-state index contributed by atoms with van der Waals surface area (Å²) >= 11 is 4.47. The van der Waals surface area contributed by atoms with Crippen LogP contribution in [-0.2, 0) is 4.74 Å². The second kappa shape index (κ2) is 8.27. The number of nitrogens with one attached hydrogen (secondary N) is 1. The van der Waals surface area contributed by atoms with Gasteiger partial charge in [-0.15, -0.1) is 0 Å². The lowest BCUT2D eigenvalue weighted by atomic mass is 9.95. The molecule has 11 heteroatoms. The maximum Gasteiger partial charge on any atom is 0.414 e. The van der Waals surface area contributed by atoms with E-state index in [1.165, 1.54) is 16.4 Å². The van der Waals surface area contributed by atoms with E-state index in [4.69, 9.17) is 4.74 Å². The Labute approximate surface area is 166 Å². The molecule has 0 spiro atoms. The molecule has 6 nitrogen and oxygen atoms in total. The van der Waals surface area contributed by atoms with Crippen LogP contribution in [0.3, 0.4) is 0 Å². The molecule has 1 fully saturated rings. The van der Waals surface area contributed by atoms with Crippen LogP contribution in [-0.4, -0.2) is 51.6 Å². The number of thiocarbonyl (C=S) groups is 1. The minimum Gasteiger partial charge on any atom is -0.442 e. The first-order chi connectivity index (χ1) is 13.2. The maximum absolute atomic E-state index is 14.6. The summed E-state index contributed by atoms with van der Waals surface area (Å²) in [5.41, 5.74) is 0.678. The Hall–Kier alpha value is -1.82. The van der Waals surface area contributed by atoms with Gasteiger partial charge in [0, 0.05) is 17.1 Å². The molecular formula is C17H19F3N2O4S2. The molecule has 154 valence electrons. The number of ether oxygens (including phenoxy) is 1.